The molecular weight excluding hydrogens is 284 g/mol. The normalized spacial score (nSPS) is 18.9. The topological polar surface area (TPSA) is 102 Å². The second kappa shape index (κ2) is 6.15. The van der Waals surface area contributed by atoms with Gasteiger partial charge in [-0.1, -0.05) is 11.6 Å². The molecule has 0 bridgehead atoms. The van der Waals surface area contributed by atoms with Crippen LogP contribution in [0.2, 0.25) is 5.15 Å². The molecule has 1 aromatic rings. The first kappa shape index (κ1) is 14.7. The number of hydrogen-bond donors (Lipinski definition) is 1. The van der Waals surface area contributed by atoms with Gasteiger partial charge in [-0.2, -0.15) is 0 Å². The molecule has 0 radical (unpaired) electrons. The van der Waals surface area contributed by atoms with Crippen LogP contribution in [0.1, 0.15) is 23.2 Å². The van der Waals surface area contributed by atoms with Gasteiger partial charge in [0.2, 0.25) is 0 Å². The minimum Gasteiger partial charge on any atom is -0.338 e. The zero-order valence-corrected chi connectivity index (χ0v) is 11.5. The molecule has 20 heavy (non-hydrogen) atoms. The Labute approximate surface area is 120 Å². The maximum Gasteiger partial charge on any atom is 0.300 e. The van der Waals surface area contributed by atoms with Crippen molar-refractivity contribution in [2.24, 2.45) is 11.7 Å². The van der Waals surface area contributed by atoms with Crippen molar-refractivity contribution in [3.8, 4) is 0 Å². The summed E-state index contributed by atoms with van der Waals surface area (Å²) < 4.78 is 0. The molecular formula is C12H15ClN4O3. The first-order valence-electron chi connectivity index (χ1n) is 6.32. The van der Waals surface area contributed by atoms with Gasteiger partial charge in [0, 0.05) is 13.1 Å². The molecule has 1 saturated heterocycles. The molecule has 1 atom stereocenters. The minimum absolute atomic E-state index is 0.0207. The van der Waals surface area contributed by atoms with Crippen molar-refractivity contribution in [3.05, 3.63) is 33.1 Å². The first-order chi connectivity index (χ1) is 9.52. The number of carbonyl (C=O) groups excluding carboxylic acids is 1. The van der Waals surface area contributed by atoms with Gasteiger partial charge in [0.1, 0.15) is 16.9 Å². The zero-order valence-electron chi connectivity index (χ0n) is 10.8. The molecule has 1 aromatic heterocycles. The van der Waals surface area contributed by atoms with Crippen molar-refractivity contribution in [2.75, 3.05) is 19.6 Å². The van der Waals surface area contributed by atoms with Gasteiger partial charge in [-0.05, 0) is 31.4 Å². The van der Waals surface area contributed by atoms with E-state index >= 15 is 0 Å². The molecule has 2 rings (SSSR count). The Morgan fingerprint density at radius 3 is 3.05 bits per heavy atom. The largest absolute Gasteiger partial charge is 0.338 e. The van der Waals surface area contributed by atoms with Crippen LogP contribution in [0, 0.1) is 16.0 Å². The maximum atomic E-state index is 12.4. The standard InChI is InChI=1S/C12H15ClN4O3/c13-11-4-9(10(6-15-11)17(19)20)12(18)16-3-1-2-8(5-14)7-16/h4,6,8H,1-3,5,7,14H2. The number of piperidine rings is 1. The van der Waals surface area contributed by atoms with Crippen LogP contribution in [0.15, 0.2) is 12.3 Å². The quantitative estimate of drug-likeness (QED) is 0.517. The highest BCUT2D eigenvalue weighted by molar-refractivity contribution is 6.29. The number of nitrogens with two attached hydrogens (primary N) is 1. The van der Waals surface area contributed by atoms with E-state index < -0.39 is 4.92 Å². The van der Waals surface area contributed by atoms with E-state index in [0.29, 0.717) is 19.6 Å². The number of nitro groups is 1. The molecule has 1 aliphatic rings. The number of halogens is 1. The van der Waals surface area contributed by atoms with Crippen LogP contribution in [-0.4, -0.2) is 40.3 Å². The van der Waals surface area contributed by atoms with E-state index in [1.54, 1.807) is 4.90 Å². The molecule has 2 heterocycles. The van der Waals surface area contributed by atoms with E-state index in [1.165, 1.54) is 6.07 Å². The van der Waals surface area contributed by atoms with Gasteiger partial charge in [-0.3, -0.25) is 14.9 Å². The fourth-order valence-electron chi connectivity index (χ4n) is 2.35. The Morgan fingerprint density at radius 1 is 1.65 bits per heavy atom. The molecule has 1 fully saturated rings. The van der Waals surface area contributed by atoms with Gasteiger partial charge in [0.25, 0.3) is 11.6 Å². The number of pyridine rings is 1. The summed E-state index contributed by atoms with van der Waals surface area (Å²) in [7, 11) is 0. The smallest absolute Gasteiger partial charge is 0.300 e. The zero-order chi connectivity index (χ0) is 14.7. The lowest BCUT2D eigenvalue weighted by atomic mass is 9.97. The molecule has 2 N–H and O–H groups in total. The minimum atomic E-state index is -0.624. The van der Waals surface area contributed by atoms with Crippen molar-refractivity contribution in [3.63, 3.8) is 0 Å². The molecule has 0 aromatic carbocycles. The highest BCUT2D eigenvalue weighted by Crippen LogP contribution is 2.24. The van der Waals surface area contributed by atoms with Gasteiger partial charge in [-0.15, -0.1) is 0 Å². The Morgan fingerprint density at radius 2 is 2.40 bits per heavy atom. The van der Waals surface area contributed by atoms with Crippen LogP contribution in [0.4, 0.5) is 5.69 Å². The summed E-state index contributed by atoms with van der Waals surface area (Å²) in [5, 5.41) is 11.0. The summed E-state index contributed by atoms with van der Waals surface area (Å²) in [6.07, 6.45) is 2.83. The van der Waals surface area contributed by atoms with E-state index in [1.807, 2.05) is 0 Å². The van der Waals surface area contributed by atoms with Gasteiger partial charge >= 0.3 is 0 Å². The molecule has 7 nitrogen and oxygen atoms in total. The summed E-state index contributed by atoms with van der Waals surface area (Å²) >= 11 is 5.74. The lowest BCUT2D eigenvalue weighted by Crippen LogP contribution is -2.42. The highest BCUT2D eigenvalue weighted by atomic mass is 35.5. The molecule has 1 aliphatic heterocycles. The van der Waals surface area contributed by atoms with Crippen molar-refractivity contribution < 1.29 is 9.72 Å². The first-order valence-corrected chi connectivity index (χ1v) is 6.70. The molecule has 0 spiro atoms. The molecule has 0 saturated carbocycles. The molecule has 1 unspecified atom stereocenters. The van der Waals surface area contributed by atoms with Crippen LogP contribution < -0.4 is 5.73 Å². The Hall–Kier alpha value is -1.73. The number of rotatable bonds is 3. The molecule has 0 aliphatic carbocycles. The predicted molar refractivity (Wildman–Crippen MR) is 73.6 cm³/mol. The number of amides is 1. The molecule has 8 heteroatoms. The fraction of sp³-hybridized carbons (Fsp3) is 0.500. The Balaban J connectivity index is 2.28. The lowest BCUT2D eigenvalue weighted by Gasteiger charge is -2.32. The molecule has 108 valence electrons. The van der Waals surface area contributed by atoms with E-state index in [4.69, 9.17) is 17.3 Å². The Bertz CT molecular complexity index is 537. The van der Waals surface area contributed by atoms with Gasteiger partial charge < -0.3 is 10.6 Å². The van der Waals surface area contributed by atoms with Crippen LogP contribution >= 0.6 is 11.6 Å². The summed E-state index contributed by atoms with van der Waals surface area (Å²) in [5.74, 6) is -0.150. The molecule has 1 amide bonds. The van der Waals surface area contributed by atoms with Crippen LogP contribution in [0.5, 0.6) is 0 Å². The number of carbonyl (C=O) groups is 1. The van der Waals surface area contributed by atoms with E-state index in [2.05, 4.69) is 4.98 Å². The average molecular weight is 299 g/mol. The van der Waals surface area contributed by atoms with Gasteiger partial charge in [0.05, 0.1) is 4.92 Å². The Kier molecular flexibility index (Phi) is 4.51. The summed E-state index contributed by atoms with van der Waals surface area (Å²) in [6, 6.07) is 1.24. The fourth-order valence-corrected chi connectivity index (χ4v) is 2.51. The second-order valence-electron chi connectivity index (χ2n) is 4.78. The summed E-state index contributed by atoms with van der Waals surface area (Å²) in [4.78, 5) is 28.0. The van der Waals surface area contributed by atoms with Crippen molar-refractivity contribution >= 4 is 23.2 Å². The number of nitrogens with zero attached hydrogens (tertiary/aromatic N) is 3. The van der Waals surface area contributed by atoms with Crippen molar-refractivity contribution in [1.29, 1.82) is 0 Å². The van der Waals surface area contributed by atoms with Crippen LogP contribution in [-0.2, 0) is 0 Å². The third kappa shape index (κ3) is 3.05. The summed E-state index contributed by atoms with van der Waals surface area (Å²) in [6.45, 7) is 1.60. The van der Waals surface area contributed by atoms with E-state index in [0.717, 1.165) is 19.0 Å². The third-order valence-electron chi connectivity index (χ3n) is 3.42. The number of likely N-dealkylation sites (tertiary alicyclic amines) is 1. The number of hydrogen-bond acceptors (Lipinski definition) is 5. The van der Waals surface area contributed by atoms with Crippen molar-refractivity contribution in [1.82, 2.24) is 9.88 Å². The maximum absolute atomic E-state index is 12.4. The predicted octanol–water partition coefficient (Wildman–Crippen LogP) is 1.45. The second-order valence-corrected chi connectivity index (χ2v) is 5.16. The van der Waals surface area contributed by atoms with Crippen LogP contribution in [0.3, 0.4) is 0 Å². The number of aromatic nitrogens is 1. The van der Waals surface area contributed by atoms with Gasteiger partial charge in [-0.25, -0.2) is 4.98 Å². The summed E-state index contributed by atoms with van der Waals surface area (Å²) in [5.41, 5.74) is 5.28. The highest BCUT2D eigenvalue weighted by Gasteiger charge is 2.29. The van der Waals surface area contributed by atoms with Crippen molar-refractivity contribution in [2.45, 2.75) is 12.8 Å². The third-order valence-corrected chi connectivity index (χ3v) is 3.62. The lowest BCUT2D eigenvalue weighted by molar-refractivity contribution is -0.385. The van der Waals surface area contributed by atoms with Gasteiger partial charge in [0.15, 0.2) is 0 Å². The van der Waals surface area contributed by atoms with Crippen LogP contribution in [0.25, 0.3) is 0 Å². The monoisotopic (exact) mass is 298 g/mol. The van der Waals surface area contributed by atoms with E-state index in [9.17, 15) is 14.9 Å². The SMILES string of the molecule is NCC1CCCN(C(=O)c2cc(Cl)ncc2[N+](=O)[O-])C1. The average Bonchev–Trinajstić information content (AvgIpc) is 2.46. The van der Waals surface area contributed by atoms with E-state index in [-0.39, 0.29) is 28.2 Å².